The highest BCUT2D eigenvalue weighted by Gasteiger charge is 2.27. The molecule has 0 amide bonds. The summed E-state index contributed by atoms with van der Waals surface area (Å²) in [7, 11) is 0. The number of aryl methyl sites for hydroxylation is 1. The summed E-state index contributed by atoms with van der Waals surface area (Å²) in [5.41, 5.74) is 6.29. The molecule has 8 heteroatoms. The van der Waals surface area contributed by atoms with Gasteiger partial charge >= 0.3 is 6.18 Å². The standard InChI is InChI=1S/C8H11F3N2OS2/c1-5-6(16-7(12)13-5)15-3-2-14-4-8(9,10)11/h2-4H2,1H3,(H2,12,13). The number of halogens is 3. The summed E-state index contributed by atoms with van der Waals surface area (Å²) in [6, 6.07) is 0. The third kappa shape index (κ3) is 5.04. The lowest BCUT2D eigenvalue weighted by Gasteiger charge is -2.06. The molecule has 3 nitrogen and oxygen atoms in total. The van der Waals surface area contributed by atoms with Crippen molar-refractivity contribution >= 4 is 28.2 Å². The third-order valence-electron chi connectivity index (χ3n) is 1.50. The van der Waals surface area contributed by atoms with Gasteiger partial charge in [0.15, 0.2) is 5.13 Å². The number of ether oxygens (including phenoxy) is 1. The molecule has 1 heterocycles. The normalized spacial score (nSPS) is 12.0. The molecule has 0 atom stereocenters. The van der Waals surface area contributed by atoms with Gasteiger partial charge in [0.25, 0.3) is 0 Å². The van der Waals surface area contributed by atoms with Gasteiger partial charge in [0.2, 0.25) is 0 Å². The highest BCUT2D eigenvalue weighted by atomic mass is 32.2. The Morgan fingerprint density at radius 3 is 2.69 bits per heavy atom. The van der Waals surface area contributed by atoms with E-state index in [1.807, 2.05) is 6.92 Å². The van der Waals surface area contributed by atoms with Crippen LogP contribution in [0.2, 0.25) is 0 Å². The van der Waals surface area contributed by atoms with E-state index in [0.717, 1.165) is 9.90 Å². The Labute approximate surface area is 99.2 Å². The molecule has 0 bridgehead atoms. The summed E-state index contributed by atoms with van der Waals surface area (Å²) in [6.07, 6.45) is -4.25. The minimum atomic E-state index is -4.25. The molecule has 0 spiro atoms. The zero-order valence-corrected chi connectivity index (χ0v) is 10.1. The summed E-state index contributed by atoms with van der Waals surface area (Å²) in [5.74, 6) is 0.457. The van der Waals surface area contributed by atoms with Crippen LogP contribution in [0.15, 0.2) is 4.21 Å². The van der Waals surface area contributed by atoms with Crippen LogP contribution >= 0.6 is 23.1 Å². The highest BCUT2D eigenvalue weighted by Crippen LogP contribution is 2.30. The fraction of sp³-hybridized carbons (Fsp3) is 0.625. The second-order valence-electron chi connectivity index (χ2n) is 2.94. The maximum absolute atomic E-state index is 11.7. The maximum atomic E-state index is 11.7. The van der Waals surface area contributed by atoms with Crippen LogP contribution < -0.4 is 5.73 Å². The van der Waals surface area contributed by atoms with Crippen molar-refractivity contribution in [3.05, 3.63) is 5.69 Å². The van der Waals surface area contributed by atoms with E-state index < -0.39 is 12.8 Å². The predicted octanol–water partition coefficient (Wildman–Crippen LogP) is 2.70. The first kappa shape index (κ1) is 13.6. The Morgan fingerprint density at radius 2 is 2.19 bits per heavy atom. The third-order valence-corrected chi connectivity index (χ3v) is 3.81. The van der Waals surface area contributed by atoms with E-state index in [4.69, 9.17) is 5.73 Å². The quantitative estimate of drug-likeness (QED) is 0.661. The van der Waals surface area contributed by atoms with Crippen molar-refractivity contribution < 1.29 is 17.9 Å². The first-order chi connectivity index (χ1) is 7.38. The van der Waals surface area contributed by atoms with Crippen molar-refractivity contribution in [3.8, 4) is 0 Å². The summed E-state index contributed by atoms with van der Waals surface area (Å²) in [6.45, 7) is 0.671. The number of anilines is 1. The lowest BCUT2D eigenvalue weighted by atomic mass is 10.6. The minimum Gasteiger partial charge on any atom is -0.375 e. The number of hydrogen-bond acceptors (Lipinski definition) is 5. The average molecular weight is 272 g/mol. The van der Waals surface area contributed by atoms with Crippen LogP contribution in [0.4, 0.5) is 18.3 Å². The number of thiazole rings is 1. The van der Waals surface area contributed by atoms with Crippen LogP contribution in [0.5, 0.6) is 0 Å². The van der Waals surface area contributed by atoms with E-state index in [9.17, 15) is 13.2 Å². The highest BCUT2D eigenvalue weighted by molar-refractivity contribution is 8.01. The van der Waals surface area contributed by atoms with Crippen LogP contribution in [0, 0.1) is 6.92 Å². The summed E-state index contributed by atoms with van der Waals surface area (Å²) >= 11 is 2.73. The Hall–Kier alpha value is -0.470. The van der Waals surface area contributed by atoms with Gasteiger partial charge in [-0.15, -0.1) is 11.8 Å². The molecule has 16 heavy (non-hydrogen) atoms. The van der Waals surface area contributed by atoms with Crippen molar-refractivity contribution in [2.24, 2.45) is 0 Å². The van der Waals surface area contributed by atoms with Gasteiger partial charge in [-0.05, 0) is 6.92 Å². The van der Waals surface area contributed by atoms with E-state index in [0.29, 0.717) is 10.9 Å². The SMILES string of the molecule is Cc1nc(N)sc1SCCOCC(F)(F)F. The molecule has 0 saturated carbocycles. The minimum absolute atomic E-state index is 0.0570. The van der Waals surface area contributed by atoms with Gasteiger partial charge in [-0.2, -0.15) is 13.2 Å². The molecule has 0 unspecified atom stereocenters. The van der Waals surface area contributed by atoms with Crippen molar-refractivity contribution in [2.45, 2.75) is 17.3 Å². The maximum Gasteiger partial charge on any atom is 0.411 e. The molecule has 0 aliphatic rings. The van der Waals surface area contributed by atoms with E-state index >= 15 is 0 Å². The number of nitrogens with zero attached hydrogens (tertiary/aromatic N) is 1. The van der Waals surface area contributed by atoms with Crippen LogP contribution in [-0.4, -0.2) is 30.1 Å². The number of nitrogens with two attached hydrogens (primary N) is 1. The Bertz CT molecular complexity index is 341. The monoisotopic (exact) mass is 272 g/mol. The summed E-state index contributed by atoms with van der Waals surface area (Å²) in [4.78, 5) is 4.00. The number of alkyl halides is 3. The number of thioether (sulfide) groups is 1. The van der Waals surface area contributed by atoms with Crippen molar-refractivity contribution in [1.82, 2.24) is 4.98 Å². The van der Waals surface area contributed by atoms with Crippen LogP contribution in [0.1, 0.15) is 5.69 Å². The van der Waals surface area contributed by atoms with E-state index in [1.54, 1.807) is 0 Å². The molecule has 0 aliphatic heterocycles. The second-order valence-corrected chi connectivity index (χ2v) is 5.34. The Kier molecular flexibility index (Phi) is 4.88. The van der Waals surface area contributed by atoms with Crippen LogP contribution in [-0.2, 0) is 4.74 Å². The molecule has 1 rings (SSSR count). The van der Waals surface area contributed by atoms with Gasteiger partial charge in [-0.3, -0.25) is 0 Å². The van der Waals surface area contributed by atoms with Crippen molar-refractivity contribution in [1.29, 1.82) is 0 Å². The molecule has 1 aromatic rings. The number of nitrogen functional groups attached to an aromatic ring is 1. The molecule has 1 aromatic heterocycles. The molecule has 2 N–H and O–H groups in total. The zero-order chi connectivity index (χ0) is 12.2. The fourth-order valence-electron chi connectivity index (χ4n) is 0.918. The number of rotatable bonds is 5. The summed E-state index contributed by atoms with van der Waals surface area (Å²) < 4.78 is 40.5. The van der Waals surface area contributed by atoms with Crippen LogP contribution in [0.25, 0.3) is 0 Å². The second kappa shape index (κ2) is 5.74. The smallest absolute Gasteiger partial charge is 0.375 e. The van der Waals surface area contributed by atoms with Gasteiger partial charge in [0.05, 0.1) is 16.5 Å². The first-order valence-electron chi connectivity index (χ1n) is 4.38. The molecule has 0 saturated heterocycles. The zero-order valence-electron chi connectivity index (χ0n) is 8.50. The average Bonchev–Trinajstić information content (AvgIpc) is 2.42. The molecule has 92 valence electrons. The van der Waals surface area contributed by atoms with Crippen molar-refractivity contribution in [2.75, 3.05) is 24.7 Å². The largest absolute Gasteiger partial charge is 0.411 e. The fourth-order valence-corrected chi connectivity index (χ4v) is 2.87. The van der Waals surface area contributed by atoms with E-state index in [2.05, 4.69) is 9.72 Å². The molecule has 0 aliphatic carbocycles. The summed E-state index contributed by atoms with van der Waals surface area (Å²) in [5, 5.41) is 0.469. The first-order valence-corrected chi connectivity index (χ1v) is 6.19. The van der Waals surface area contributed by atoms with E-state index in [-0.39, 0.29) is 6.61 Å². The Balaban J connectivity index is 2.19. The van der Waals surface area contributed by atoms with Crippen LogP contribution in [0.3, 0.4) is 0 Å². The lowest BCUT2D eigenvalue weighted by Crippen LogP contribution is -2.17. The van der Waals surface area contributed by atoms with Gasteiger partial charge in [-0.25, -0.2) is 4.98 Å². The van der Waals surface area contributed by atoms with Gasteiger partial charge in [-0.1, -0.05) is 11.3 Å². The lowest BCUT2D eigenvalue weighted by molar-refractivity contribution is -0.172. The van der Waals surface area contributed by atoms with E-state index in [1.165, 1.54) is 23.1 Å². The van der Waals surface area contributed by atoms with Gasteiger partial charge in [0, 0.05) is 5.75 Å². The number of aromatic nitrogens is 1. The van der Waals surface area contributed by atoms with Gasteiger partial charge < -0.3 is 10.5 Å². The molecule has 0 fully saturated rings. The topological polar surface area (TPSA) is 48.1 Å². The Morgan fingerprint density at radius 1 is 1.50 bits per heavy atom. The molecular formula is C8H11F3N2OS2. The predicted molar refractivity (Wildman–Crippen MR) is 58.9 cm³/mol. The van der Waals surface area contributed by atoms with Gasteiger partial charge in [0.1, 0.15) is 6.61 Å². The molecule has 0 aromatic carbocycles. The van der Waals surface area contributed by atoms with Crippen molar-refractivity contribution in [3.63, 3.8) is 0 Å². The molecule has 0 radical (unpaired) electrons. The number of hydrogen-bond donors (Lipinski definition) is 1. The molecular weight excluding hydrogens is 261 g/mol.